The van der Waals surface area contributed by atoms with Gasteiger partial charge in [0.05, 0.1) is 19.4 Å². The van der Waals surface area contributed by atoms with Gasteiger partial charge in [0.15, 0.2) is 0 Å². The third-order valence-corrected chi connectivity index (χ3v) is 3.95. The van der Waals surface area contributed by atoms with Crippen molar-refractivity contribution in [3.63, 3.8) is 0 Å². The number of nitrogens with one attached hydrogen (secondary N) is 1. The molecule has 1 atom stereocenters. The molecule has 0 aliphatic heterocycles. The maximum Gasteiger partial charge on any atom is 0.122 e. The molecule has 1 unspecified atom stereocenters. The average molecular weight is 302 g/mol. The van der Waals surface area contributed by atoms with Crippen molar-refractivity contribution in [3.05, 3.63) is 54.0 Å². The highest BCUT2D eigenvalue weighted by Gasteiger charge is 2.19. The molecule has 0 amide bonds. The van der Waals surface area contributed by atoms with E-state index in [-0.39, 0.29) is 6.04 Å². The Morgan fingerprint density at radius 3 is 2.41 bits per heavy atom. The Kier molecular flexibility index (Phi) is 6.49. The summed E-state index contributed by atoms with van der Waals surface area (Å²) in [5.74, 6) is 1.91. The van der Waals surface area contributed by atoms with Gasteiger partial charge in [0.25, 0.3) is 0 Å². The first-order chi connectivity index (χ1) is 10.8. The summed E-state index contributed by atoms with van der Waals surface area (Å²) in [5, 5.41) is 3.53. The zero-order valence-corrected chi connectivity index (χ0v) is 13.7. The van der Waals surface area contributed by atoms with Crippen LogP contribution < -0.4 is 10.1 Å². The van der Waals surface area contributed by atoms with Crippen molar-refractivity contribution >= 4 is 0 Å². The van der Waals surface area contributed by atoms with Gasteiger partial charge in [-0.2, -0.15) is 0 Å². The lowest BCUT2D eigenvalue weighted by molar-refractivity contribution is 0.188. The van der Waals surface area contributed by atoms with Gasteiger partial charge in [0, 0.05) is 13.1 Å². The van der Waals surface area contributed by atoms with Crippen LogP contribution in [0.2, 0.25) is 0 Å². The number of likely N-dealkylation sites (N-methyl/N-ethyl adjacent to an activating group) is 1. The van der Waals surface area contributed by atoms with Gasteiger partial charge < -0.3 is 14.5 Å². The van der Waals surface area contributed by atoms with E-state index in [0.717, 1.165) is 37.7 Å². The third-order valence-electron chi connectivity index (χ3n) is 3.95. The van der Waals surface area contributed by atoms with Gasteiger partial charge in [-0.1, -0.05) is 26.0 Å². The van der Waals surface area contributed by atoms with Crippen LogP contribution >= 0.6 is 0 Å². The summed E-state index contributed by atoms with van der Waals surface area (Å²) in [6.07, 6.45) is 1.75. The standard InChI is InChI=1S/C18H26N2O2/c1-4-20(5-2)17(18-7-6-12-22-18)14-19-13-15-8-10-16(21-3)11-9-15/h6-12,17,19H,4-5,13-14H2,1-3H3. The van der Waals surface area contributed by atoms with Gasteiger partial charge in [-0.05, 0) is 42.9 Å². The van der Waals surface area contributed by atoms with Gasteiger partial charge in [-0.25, -0.2) is 0 Å². The first-order valence-electron chi connectivity index (χ1n) is 7.89. The number of ether oxygens (including phenoxy) is 1. The van der Waals surface area contributed by atoms with Crippen molar-refractivity contribution in [2.24, 2.45) is 0 Å². The number of hydrogen-bond acceptors (Lipinski definition) is 4. The Hall–Kier alpha value is -1.78. The zero-order chi connectivity index (χ0) is 15.8. The van der Waals surface area contributed by atoms with Crippen molar-refractivity contribution in [2.75, 3.05) is 26.7 Å². The second-order valence-electron chi connectivity index (χ2n) is 5.23. The minimum atomic E-state index is 0.267. The lowest BCUT2D eigenvalue weighted by Crippen LogP contribution is -2.35. The fourth-order valence-electron chi connectivity index (χ4n) is 2.65. The minimum Gasteiger partial charge on any atom is -0.497 e. The van der Waals surface area contributed by atoms with E-state index in [4.69, 9.17) is 9.15 Å². The highest BCUT2D eigenvalue weighted by atomic mass is 16.5. The topological polar surface area (TPSA) is 37.6 Å². The van der Waals surface area contributed by atoms with Gasteiger partial charge >= 0.3 is 0 Å². The molecule has 0 aliphatic rings. The molecule has 1 aromatic carbocycles. The quantitative estimate of drug-likeness (QED) is 0.770. The average Bonchev–Trinajstić information content (AvgIpc) is 3.09. The van der Waals surface area contributed by atoms with Crippen LogP contribution in [0.5, 0.6) is 5.75 Å². The predicted molar refractivity (Wildman–Crippen MR) is 89.1 cm³/mol. The molecule has 0 saturated heterocycles. The molecular formula is C18H26N2O2. The number of rotatable bonds is 9. The smallest absolute Gasteiger partial charge is 0.122 e. The summed E-state index contributed by atoms with van der Waals surface area (Å²) in [4.78, 5) is 2.40. The van der Waals surface area contributed by atoms with E-state index in [1.807, 2.05) is 18.2 Å². The number of nitrogens with zero attached hydrogens (tertiary/aromatic N) is 1. The molecule has 4 heteroatoms. The molecule has 120 valence electrons. The molecule has 1 N–H and O–H groups in total. The Labute approximate surface area is 133 Å². The summed E-state index contributed by atoms with van der Waals surface area (Å²) < 4.78 is 10.8. The highest BCUT2D eigenvalue weighted by molar-refractivity contribution is 5.27. The summed E-state index contributed by atoms with van der Waals surface area (Å²) in [5.41, 5.74) is 1.25. The predicted octanol–water partition coefficient (Wildman–Crippen LogP) is 3.46. The monoisotopic (exact) mass is 302 g/mol. The number of hydrogen-bond donors (Lipinski definition) is 1. The largest absolute Gasteiger partial charge is 0.497 e. The Morgan fingerprint density at radius 1 is 1.14 bits per heavy atom. The van der Waals surface area contributed by atoms with E-state index in [2.05, 4.69) is 42.3 Å². The van der Waals surface area contributed by atoms with Crippen LogP contribution in [0, 0.1) is 0 Å². The molecule has 0 saturated carbocycles. The lowest BCUT2D eigenvalue weighted by Gasteiger charge is -2.28. The third kappa shape index (κ3) is 4.36. The summed E-state index contributed by atoms with van der Waals surface area (Å²) in [7, 11) is 1.69. The van der Waals surface area contributed by atoms with Crippen LogP contribution in [0.3, 0.4) is 0 Å². The van der Waals surface area contributed by atoms with E-state index >= 15 is 0 Å². The Morgan fingerprint density at radius 2 is 1.86 bits per heavy atom. The van der Waals surface area contributed by atoms with E-state index in [9.17, 15) is 0 Å². The zero-order valence-electron chi connectivity index (χ0n) is 13.7. The van der Waals surface area contributed by atoms with Crippen LogP contribution in [0.1, 0.15) is 31.2 Å². The van der Waals surface area contributed by atoms with Crippen molar-refractivity contribution in [3.8, 4) is 5.75 Å². The van der Waals surface area contributed by atoms with Crippen molar-refractivity contribution in [1.29, 1.82) is 0 Å². The van der Waals surface area contributed by atoms with Gasteiger partial charge in [-0.3, -0.25) is 4.90 Å². The Bertz CT molecular complexity index is 519. The molecule has 22 heavy (non-hydrogen) atoms. The van der Waals surface area contributed by atoms with Gasteiger partial charge in [0.1, 0.15) is 11.5 Å². The maximum atomic E-state index is 5.62. The van der Waals surface area contributed by atoms with Gasteiger partial charge in [0.2, 0.25) is 0 Å². The highest BCUT2D eigenvalue weighted by Crippen LogP contribution is 2.20. The summed E-state index contributed by atoms with van der Waals surface area (Å²) in [6, 6.07) is 12.4. The van der Waals surface area contributed by atoms with Crippen LogP contribution in [0.25, 0.3) is 0 Å². The molecule has 1 heterocycles. The van der Waals surface area contributed by atoms with Crippen LogP contribution in [0.15, 0.2) is 47.1 Å². The number of benzene rings is 1. The van der Waals surface area contributed by atoms with Crippen molar-refractivity contribution < 1.29 is 9.15 Å². The molecule has 4 nitrogen and oxygen atoms in total. The molecular weight excluding hydrogens is 276 g/mol. The number of methoxy groups -OCH3 is 1. The molecule has 0 bridgehead atoms. The lowest BCUT2D eigenvalue weighted by atomic mass is 10.1. The van der Waals surface area contributed by atoms with Crippen molar-refractivity contribution in [1.82, 2.24) is 10.2 Å². The molecule has 2 rings (SSSR count). The molecule has 0 radical (unpaired) electrons. The molecule has 0 aliphatic carbocycles. The fraction of sp³-hybridized carbons (Fsp3) is 0.444. The van der Waals surface area contributed by atoms with E-state index < -0.39 is 0 Å². The SMILES string of the molecule is CCN(CC)C(CNCc1ccc(OC)cc1)c1ccco1. The molecule has 0 spiro atoms. The maximum absolute atomic E-state index is 5.62. The Balaban J connectivity index is 1.93. The first kappa shape index (κ1) is 16.6. The summed E-state index contributed by atoms with van der Waals surface area (Å²) in [6.45, 7) is 8.08. The van der Waals surface area contributed by atoms with E-state index in [1.54, 1.807) is 13.4 Å². The molecule has 0 fully saturated rings. The second kappa shape index (κ2) is 8.61. The second-order valence-corrected chi connectivity index (χ2v) is 5.23. The van der Waals surface area contributed by atoms with Gasteiger partial charge in [-0.15, -0.1) is 0 Å². The van der Waals surface area contributed by atoms with Crippen LogP contribution in [-0.2, 0) is 6.54 Å². The normalized spacial score (nSPS) is 12.5. The molecule has 2 aromatic rings. The van der Waals surface area contributed by atoms with E-state index in [0.29, 0.717) is 0 Å². The van der Waals surface area contributed by atoms with Crippen LogP contribution in [0.4, 0.5) is 0 Å². The fourth-order valence-corrected chi connectivity index (χ4v) is 2.65. The van der Waals surface area contributed by atoms with Crippen molar-refractivity contribution in [2.45, 2.75) is 26.4 Å². The minimum absolute atomic E-state index is 0.267. The van der Waals surface area contributed by atoms with Crippen LogP contribution in [-0.4, -0.2) is 31.6 Å². The van der Waals surface area contributed by atoms with E-state index in [1.165, 1.54) is 5.56 Å². The molecule has 1 aromatic heterocycles. The number of furan rings is 1. The first-order valence-corrected chi connectivity index (χ1v) is 7.89. The summed E-state index contributed by atoms with van der Waals surface area (Å²) >= 11 is 0.